The van der Waals surface area contributed by atoms with Crippen LogP contribution < -0.4 is 0 Å². The summed E-state index contributed by atoms with van der Waals surface area (Å²) in [5, 5.41) is 8.27. The minimum Gasteiger partial charge on any atom is -0.280 e. The highest BCUT2D eigenvalue weighted by molar-refractivity contribution is 6.33. The first-order valence-electron chi connectivity index (χ1n) is 5.68. The zero-order valence-electron chi connectivity index (χ0n) is 9.85. The second-order valence-corrected chi connectivity index (χ2v) is 4.67. The van der Waals surface area contributed by atoms with Crippen molar-refractivity contribution in [2.75, 3.05) is 0 Å². The zero-order chi connectivity index (χ0) is 12.4. The molecule has 90 valence electrons. The molecular formula is C13H14Cl2N2. The Bertz CT molecular complexity index is 532. The van der Waals surface area contributed by atoms with Crippen molar-refractivity contribution in [3.8, 4) is 11.1 Å². The van der Waals surface area contributed by atoms with E-state index in [1.54, 1.807) is 0 Å². The molecule has 0 spiro atoms. The van der Waals surface area contributed by atoms with Crippen molar-refractivity contribution in [2.45, 2.75) is 26.7 Å². The van der Waals surface area contributed by atoms with E-state index in [2.05, 4.69) is 24.0 Å². The first-order valence-corrected chi connectivity index (χ1v) is 6.44. The van der Waals surface area contributed by atoms with Gasteiger partial charge in [-0.25, -0.2) is 0 Å². The lowest BCUT2D eigenvalue weighted by Gasteiger charge is -2.09. The number of H-pyrrole nitrogens is 1. The van der Waals surface area contributed by atoms with Gasteiger partial charge in [-0.3, -0.25) is 5.10 Å². The van der Waals surface area contributed by atoms with E-state index < -0.39 is 0 Å². The summed E-state index contributed by atoms with van der Waals surface area (Å²) < 4.78 is 0. The molecule has 1 aromatic heterocycles. The van der Waals surface area contributed by atoms with Crippen LogP contribution in [0.5, 0.6) is 0 Å². The summed E-state index contributed by atoms with van der Waals surface area (Å²) in [5.41, 5.74) is 4.34. The van der Waals surface area contributed by atoms with E-state index in [4.69, 9.17) is 23.2 Å². The molecule has 1 N–H and O–H groups in total. The van der Waals surface area contributed by atoms with Crippen LogP contribution in [0.3, 0.4) is 0 Å². The van der Waals surface area contributed by atoms with Gasteiger partial charge < -0.3 is 0 Å². The Morgan fingerprint density at radius 2 is 1.94 bits per heavy atom. The summed E-state index contributed by atoms with van der Waals surface area (Å²) in [4.78, 5) is 0. The molecule has 0 aliphatic carbocycles. The summed E-state index contributed by atoms with van der Waals surface area (Å²) in [7, 11) is 0. The molecule has 0 unspecified atom stereocenters. The minimum atomic E-state index is 0.513. The van der Waals surface area contributed by atoms with Gasteiger partial charge in [-0.05, 0) is 36.1 Å². The number of hydrogen-bond acceptors (Lipinski definition) is 1. The summed E-state index contributed by atoms with van der Waals surface area (Å²) in [6.45, 7) is 4.19. The van der Waals surface area contributed by atoms with Crippen molar-refractivity contribution >= 4 is 23.2 Å². The molecule has 4 heteroatoms. The minimum absolute atomic E-state index is 0.513. The second-order valence-electron chi connectivity index (χ2n) is 3.88. The van der Waals surface area contributed by atoms with E-state index in [-0.39, 0.29) is 0 Å². The molecule has 0 aliphatic rings. The quantitative estimate of drug-likeness (QED) is 0.872. The number of nitrogens with zero attached hydrogens (tertiary/aromatic N) is 1. The van der Waals surface area contributed by atoms with Crippen molar-refractivity contribution in [1.82, 2.24) is 10.2 Å². The van der Waals surface area contributed by atoms with Crippen LogP contribution in [-0.4, -0.2) is 10.2 Å². The zero-order valence-corrected chi connectivity index (χ0v) is 11.4. The molecule has 2 aromatic rings. The third kappa shape index (κ3) is 2.33. The average Bonchev–Trinajstić information content (AvgIpc) is 2.70. The van der Waals surface area contributed by atoms with Gasteiger partial charge in [0.25, 0.3) is 0 Å². The molecule has 0 bridgehead atoms. The Kier molecular flexibility index (Phi) is 3.75. The number of hydrogen-bond donors (Lipinski definition) is 1. The van der Waals surface area contributed by atoms with Gasteiger partial charge in [-0.2, -0.15) is 5.10 Å². The van der Waals surface area contributed by atoms with Gasteiger partial charge in [0.05, 0.1) is 0 Å². The van der Waals surface area contributed by atoms with Crippen LogP contribution >= 0.6 is 23.2 Å². The SMILES string of the molecule is CCc1ccc(Cl)cc1-c1c(Cl)n[nH]c1CC. The standard InChI is InChI=1S/C13H14Cl2N2/c1-3-8-5-6-9(14)7-10(8)12-11(4-2)16-17-13(12)15/h5-7H,3-4H2,1-2H3,(H,16,17). The van der Waals surface area contributed by atoms with Gasteiger partial charge in [0.1, 0.15) is 0 Å². The maximum Gasteiger partial charge on any atom is 0.158 e. The van der Waals surface area contributed by atoms with Gasteiger partial charge in [-0.1, -0.05) is 43.1 Å². The highest BCUT2D eigenvalue weighted by atomic mass is 35.5. The number of aryl methyl sites for hydroxylation is 2. The molecule has 0 saturated heterocycles. The molecule has 0 saturated carbocycles. The van der Waals surface area contributed by atoms with Crippen molar-refractivity contribution in [1.29, 1.82) is 0 Å². The van der Waals surface area contributed by atoms with Crippen molar-refractivity contribution in [3.05, 3.63) is 39.6 Å². The van der Waals surface area contributed by atoms with Gasteiger partial charge in [0, 0.05) is 16.3 Å². The molecule has 0 radical (unpaired) electrons. The van der Waals surface area contributed by atoms with E-state index in [1.807, 2.05) is 18.2 Å². The van der Waals surface area contributed by atoms with Crippen molar-refractivity contribution < 1.29 is 0 Å². The summed E-state index contributed by atoms with van der Waals surface area (Å²) in [5.74, 6) is 0. The Balaban J connectivity index is 2.66. The topological polar surface area (TPSA) is 28.7 Å². The molecule has 2 nitrogen and oxygen atoms in total. The summed E-state index contributed by atoms with van der Waals surface area (Å²) >= 11 is 12.2. The number of halogens is 2. The predicted octanol–water partition coefficient (Wildman–Crippen LogP) is 4.51. The Morgan fingerprint density at radius 1 is 1.18 bits per heavy atom. The largest absolute Gasteiger partial charge is 0.280 e. The molecule has 1 aromatic carbocycles. The normalized spacial score (nSPS) is 10.8. The van der Waals surface area contributed by atoms with Crippen LogP contribution in [0.25, 0.3) is 11.1 Å². The number of benzene rings is 1. The Labute approximate surface area is 111 Å². The van der Waals surface area contributed by atoms with E-state index in [0.717, 1.165) is 34.7 Å². The van der Waals surface area contributed by atoms with Gasteiger partial charge >= 0.3 is 0 Å². The van der Waals surface area contributed by atoms with E-state index >= 15 is 0 Å². The number of rotatable bonds is 3. The number of aromatic amines is 1. The number of nitrogens with one attached hydrogen (secondary N) is 1. The molecular weight excluding hydrogens is 255 g/mol. The first-order chi connectivity index (χ1) is 8.17. The van der Waals surface area contributed by atoms with Crippen LogP contribution in [0.15, 0.2) is 18.2 Å². The molecule has 1 heterocycles. The fraction of sp³-hybridized carbons (Fsp3) is 0.308. The fourth-order valence-corrected chi connectivity index (χ4v) is 2.40. The van der Waals surface area contributed by atoms with Crippen LogP contribution in [0.2, 0.25) is 10.2 Å². The highest BCUT2D eigenvalue weighted by Gasteiger charge is 2.15. The lowest BCUT2D eigenvalue weighted by Crippen LogP contribution is -1.91. The molecule has 0 amide bonds. The van der Waals surface area contributed by atoms with Crippen LogP contribution in [-0.2, 0) is 12.8 Å². The van der Waals surface area contributed by atoms with Crippen LogP contribution in [0.4, 0.5) is 0 Å². The third-order valence-corrected chi connectivity index (χ3v) is 3.38. The first kappa shape index (κ1) is 12.5. The van der Waals surface area contributed by atoms with Crippen LogP contribution in [0.1, 0.15) is 25.1 Å². The van der Waals surface area contributed by atoms with Gasteiger partial charge in [0.15, 0.2) is 5.15 Å². The number of aromatic nitrogens is 2. The van der Waals surface area contributed by atoms with Crippen molar-refractivity contribution in [3.63, 3.8) is 0 Å². The average molecular weight is 269 g/mol. The molecule has 0 aliphatic heterocycles. The lowest BCUT2D eigenvalue weighted by atomic mass is 9.98. The maximum atomic E-state index is 6.15. The summed E-state index contributed by atoms with van der Waals surface area (Å²) in [6.07, 6.45) is 1.81. The summed E-state index contributed by atoms with van der Waals surface area (Å²) in [6, 6.07) is 5.90. The van der Waals surface area contributed by atoms with Gasteiger partial charge in [0.2, 0.25) is 0 Å². The fourth-order valence-electron chi connectivity index (χ4n) is 1.97. The van der Waals surface area contributed by atoms with Gasteiger partial charge in [-0.15, -0.1) is 0 Å². The van der Waals surface area contributed by atoms with Crippen LogP contribution in [0, 0.1) is 0 Å². The lowest BCUT2D eigenvalue weighted by molar-refractivity contribution is 0.975. The predicted molar refractivity (Wildman–Crippen MR) is 72.8 cm³/mol. The second kappa shape index (κ2) is 5.11. The highest BCUT2D eigenvalue weighted by Crippen LogP contribution is 2.34. The van der Waals surface area contributed by atoms with E-state index in [0.29, 0.717) is 5.15 Å². The molecule has 17 heavy (non-hydrogen) atoms. The molecule has 0 fully saturated rings. The smallest absolute Gasteiger partial charge is 0.158 e. The monoisotopic (exact) mass is 268 g/mol. The van der Waals surface area contributed by atoms with E-state index in [9.17, 15) is 0 Å². The molecule has 0 atom stereocenters. The van der Waals surface area contributed by atoms with E-state index in [1.165, 1.54) is 5.56 Å². The third-order valence-electron chi connectivity index (χ3n) is 2.87. The Morgan fingerprint density at radius 3 is 2.59 bits per heavy atom. The maximum absolute atomic E-state index is 6.15. The molecule has 2 rings (SSSR count). The Hall–Kier alpha value is -0.990. The van der Waals surface area contributed by atoms with Crippen molar-refractivity contribution in [2.24, 2.45) is 0 Å².